The molecule has 1 aliphatic carbocycles. The summed E-state index contributed by atoms with van der Waals surface area (Å²) < 4.78 is 28.8. The minimum atomic E-state index is -3.70. The SMILES string of the molecule is O=C(NC1CC1)c1cccc(NC(=O)[C@H]2CCCN(C3=NS(=O)(=O)c4ccccc43)C2)c1. The van der Waals surface area contributed by atoms with Gasteiger partial charge in [-0.2, -0.15) is 8.42 Å². The van der Waals surface area contributed by atoms with Gasteiger partial charge in [0, 0.05) is 35.9 Å². The van der Waals surface area contributed by atoms with Crippen molar-refractivity contribution in [2.45, 2.75) is 36.6 Å². The van der Waals surface area contributed by atoms with Crippen LogP contribution in [0.3, 0.4) is 0 Å². The summed E-state index contributed by atoms with van der Waals surface area (Å²) in [4.78, 5) is 27.4. The molecule has 1 atom stereocenters. The van der Waals surface area contributed by atoms with E-state index < -0.39 is 10.0 Å². The first-order valence-electron chi connectivity index (χ1n) is 10.8. The van der Waals surface area contributed by atoms with Crippen molar-refractivity contribution in [3.63, 3.8) is 0 Å². The fourth-order valence-corrected chi connectivity index (χ4v) is 5.41. The summed E-state index contributed by atoms with van der Waals surface area (Å²) in [5.74, 6) is -0.182. The van der Waals surface area contributed by atoms with Gasteiger partial charge in [-0.1, -0.05) is 18.2 Å². The number of piperidine rings is 1. The quantitative estimate of drug-likeness (QED) is 0.741. The summed E-state index contributed by atoms with van der Waals surface area (Å²) in [5.41, 5.74) is 1.67. The van der Waals surface area contributed by atoms with Crippen molar-refractivity contribution in [3.8, 4) is 0 Å². The number of amidine groups is 1. The lowest BCUT2D eigenvalue weighted by Gasteiger charge is -2.33. The van der Waals surface area contributed by atoms with Crippen molar-refractivity contribution < 1.29 is 18.0 Å². The third kappa shape index (κ3) is 4.12. The molecule has 32 heavy (non-hydrogen) atoms. The van der Waals surface area contributed by atoms with Gasteiger partial charge < -0.3 is 15.5 Å². The third-order valence-corrected chi connectivity index (χ3v) is 7.33. The van der Waals surface area contributed by atoms with Crippen molar-refractivity contribution in [2.75, 3.05) is 18.4 Å². The Balaban J connectivity index is 1.28. The molecule has 0 bridgehead atoms. The summed E-state index contributed by atoms with van der Waals surface area (Å²) in [5, 5.41) is 5.86. The van der Waals surface area contributed by atoms with Crippen molar-refractivity contribution in [1.82, 2.24) is 10.2 Å². The molecule has 5 rings (SSSR count). The van der Waals surface area contributed by atoms with Gasteiger partial charge in [0.15, 0.2) is 5.84 Å². The zero-order chi connectivity index (χ0) is 22.3. The number of carbonyl (C=O) groups is 2. The zero-order valence-corrected chi connectivity index (χ0v) is 18.3. The van der Waals surface area contributed by atoms with Gasteiger partial charge in [0.25, 0.3) is 15.9 Å². The van der Waals surface area contributed by atoms with Crippen LogP contribution in [0.25, 0.3) is 0 Å². The lowest BCUT2D eigenvalue weighted by atomic mass is 9.96. The molecule has 3 aliphatic rings. The normalized spacial score (nSPS) is 21.4. The summed E-state index contributed by atoms with van der Waals surface area (Å²) >= 11 is 0. The molecule has 0 spiro atoms. The summed E-state index contributed by atoms with van der Waals surface area (Å²) in [6, 6.07) is 14.0. The first-order valence-corrected chi connectivity index (χ1v) is 12.3. The number of carbonyl (C=O) groups excluding carboxylic acids is 2. The van der Waals surface area contributed by atoms with E-state index in [0.717, 1.165) is 19.3 Å². The van der Waals surface area contributed by atoms with Crippen LogP contribution in [0.4, 0.5) is 5.69 Å². The first kappa shape index (κ1) is 20.7. The Morgan fingerprint density at radius 2 is 1.84 bits per heavy atom. The van der Waals surface area contributed by atoms with Crippen LogP contribution in [-0.4, -0.2) is 50.1 Å². The van der Waals surface area contributed by atoms with E-state index in [-0.39, 0.29) is 28.7 Å². The van der Waals surface area contributed by atoms with E-state index in [1.54, 1.807) is 48.5 Å². The Bertz CT molecular complexity index is 1220. The molecule has 2 amide bonds. The Kier molecular flexibility index (Phi) is 5.21. The van der Waals surface area contributed by atoms with E-state index in [9.17, 15) is 18.0 Å². The fraction of sp³-hybridized carbons (Fsp3) is 0.348. The fourth-order valence-electron chi connectivity index (χ4n) is 4.18. The van der Waals surface area contributed by atoms with Gasteiger partial charge >= 0.3 is 0 Å². The highest BCUT2D eigenvalue weighted by molar-refractivity contribution is 7.90. The number of likely N-dealkylation sites (tertiary alicyclic amines) is 1. The highest BCUT2D eigenvalue weighted by Crippen LogP contribution is 2.30. The second kappa shape index (κ2) is 8.05. The number of benzene rings is 2. The topological polar surface area (TPSA) is 108 Å². The predicted octanol–water partition coefficient (Wildman–Crippen LogP) is 2.38. The van der Waals surface area contributed by atoms with Crippen LogP contribution in [0.5, 0.6) is 0 Å². The molecule has 2 N–H and O–H groups in total. The van der Waals surface area contributed by atoms with Crippen molar-refractivity contribution in [2.24, 2.45) is 10.3 Å². The average molecular weight is 453 g/mol. The minimum absolute atomic E-state index is 0.133. The van der Waals surface area contributed by atoms with Crippen LogP contribution in [0.15, 0.2) is 57.8 Å². The number of rotatable bonds is 4. The molecule has 9 heteroatoms. The van der Waals surface area contributed by atoms with E-state index in [2.05, 4.69) is 15.0 Å². The monoisotopic (exact) mass is 452 g/mol. The molecular formula is C23H24N4O4S. The molecule has 2 aromatic rings. The van der Waals surface area contributed by atoms with E-state index >= 15 is 0 Å². The van der Waals surface area contributed by atoms with Gasteiger partial charge in [-0.15, -0.1) is 4.40 Å². The van der Waals surface area contributed by atoms with Crippen LogP contribution < -0.4 is 10.6 Å². The standard InChI is InChI=1S/C23H24N4O4S/c28-22(24-17-10-11-17)15-5-3-7-18(13-15)25-23(29)16-6-4-12-27(14-16)21-19-8-1-2-9-20(19)32(30,31)26-21/h1-3,5,7-9,13,16-17H,4,6,10-12,14H2,(H,24,28)(H,25,29)/t16-/m0/s1. The molecule has 1 saturated carbocycles. The van der Waals surface area contributed by atoms with Gasteiger partial charge in [0.05, 0.1) is 5.92 Å². The Morgan fingerprint density at radius 1 is 1.03 bits per heavy atom. The number of anilines is 1. The van der Waals surface area contributed by atoms with E-state index in [4.69, 9.17) is 0 Å². The molecule has 8 nitrogen and oxygen atoms in total. The molecule has 0 unspecified atom stereocenters. The number of amides is 2. The van der Waals surface area contributed by atoms with Crippen molar-refractivity contribution >= 4 is 33.4 Å². The first-order chi connectivity index (χ1) is 15.4. The Morgan fingerprint density at radius 3 is 2.66 bits per heavy atom. The smallest absolute Gasteiger partial charge is 0.285 e. The number of nitrogens with zero attached hydrogens (tertiary/aromatic N) is 2. The van der Waals surface area contributed by atoms with Crippen LogP contribution in [0.1, 0.15) is 41.6 Å². The maximum atomic E-state index is 13.0. The number of fused-ring (bicyclic) bond motifs is 1. The summed E-state index contributed by atoms with van der Waals surface area (Å²) in [6.07, 6.45) is 3.48. The molecule has 2 heterocycles. The van der Waals surface area contributed by atoms with E-state index in [1.807, 2.05) is 4.90 Å². The van der Waals surface area contributed by atoms with Crippen molar-refractivity contribution in [3.05, 3.63) is 59.7 Å². The molecule has 0 radical (unpaired) electrons. The number of sulfonamides is 1. The molecule has 2 fully saturated rings. The zero-order valence-electron chi connectivity index (χ0n) is 17.5. The maximum Gasteiger partial charge on any atom is 0.285 e. The minimum Gasteiger partial charge on any atom is -0.355 e. The van der Waals surface area contributed by atoms with Crippen LogP contribution in [-0.2, 0) is 14.8 Å². The highest BCUT2D eigenvalue weighted by atomic mass is 32.2. The highest BCUT2D eigenvalue weighted by Gasteiger charge is 2.35. The van der Waals surface area contributed by atoms with Gasteiger partial charge in [-0.25, -0.2) is 0 Å². The molecule has 1 saturated heterocycles. The van der Waals surface area contributed by atoms with Crippen LogP contribution >= 0.6 is 0 Å². The lowest BCUT2D eigenvalue weighted by molar-refractivity contribution is -0.121. The van der Waals surface area contributed by atoms with E-state index in [0.29, 0.717) is 42.2 Å². The van der Waals surface area contributed by atoms with Crippen LogP contribution in [0, 0.1) is 5.92 Å². The van der Waals surface area contributed by atoms with Gasteiger partial charge in [0.1, 0.15) is 4.90 Å². The molecule has 0 aromatic heterocycles. The van der Waals surface area contributed by atoms with Gasteiger partial charge in [0.2, 0.25) is 5.91 Å². The second-order valence-corrected chi connectivity index (χ2v) is 10.1. The summed E-state index contributed by atoms with van der Waals surface area (Å²) in [7, 11) is -3.70. The van der Waals surface area contributed by atoms with Crippen LogP contribution in [0.2, 0.25) is 0 Å². The molecular weight excluding hydrogens is 428 g/mol. The third-order valence-electron chi connectivity index (χ3n) is 6.01. The number of hydrogen-bond acceptors (Lipinski definition) is 5. The number of nitrogens with one attached hydrogen (secondary N) is 2. The Labute approximate surface area is 186 Å². The Hall–Kier alpha value is -3.20. The maximum absolute atomic E-state index is 13.0. The second-order valence-electron chi connectivity index (χ2n) is 8.49. The van der Waals surface area contributed by atoms with Gasteiger partial charge in [-0.3, -0.25) is 9.59 Å². The van der Waals surface area contributed by atoms with Crippen molar-refractivity contribution in [1.29, 1.82) is 0 Å². The van der Waals surface area contributed by atoms with E-state index in [1.165, 1.54) is 0 Å². The molecule has 2 aliphatic heterocycles. The average Bonchev–Trinajstić information content (AvgIpc) is 3.57. The molecule has 166 valence electrons. The number of hydrogen-bond donors (Lipinski definition) is 2. The molecule has 2 aromatic carbocycles. The summed E-state index contributed by atoms with van der Waals surface area (Å²) in [6.45, 7) is 1.03. The largest absolute Gasteiger partial charge is 0.355 e. The predicted molar refractivity (Wildman–Crippen MR) is 120 cm³/mol. The lowest BCUT2D eigenvalue weighted by Crippen LogP contribution is -2.43. The van der Waals surface area contributed by atoms with Gasteiger partial charge in [-0.05, 0) is 56.0 Å².